The Bertz CT molecular complexity index is 692. The molecule has 0 radical (unpaired) electrons. The van der Waals surface area contributed by atoms with Crippen molar-refractivity contribution in [3.63, 3.8) is 0 Å². The minimum absolute atomic E-state index is 0.00483. The van der Waals surface area contributed by atoms with E-state index in [0.29, 0.717) is 11.3 Å². The zero-order valence-electron chi connectivity index (χ0n) is 14.5. The van der Waals surface area contributed by atoms with E-state index in [1.54, 1.807) is 7.11 Å². The van der Waals surface area contributed by atoms with Crippen molar-refractivity contribution in [3.8, 4) is 5.75 Å². The number of rotatable bonds is 4. The number of carbonyl (C=O) groups is 1. The second-order valence-corrected chi connectivity index (χ2v) is 6.22. The van der Waals surface area contributed by atoms with Crippen molar-refractivity contribution in [1.29, 1.82) is 0 Å². The van der Waals surface area contributed by atoms with E-state index >= 15 is 0 Å². The van der Waals surface area contributed by atoms with Crippen LogP contribution in [0.5, 0.6) is 5.75 Å². The molecule has 1 fully saturated rings. The predicted molar refractivity (Wildman–Crippen MR) is 93.3 cm³/mol. The summed E-state index contributed by atoms with van der Waals surface area (Å²) in [7, 11) is 1.60. The van der Waals surface area contributed by atoms with Gasteiger partial charge in [-0.2, -0.15) is 0 Å². The Kier molecular flexibility index (Phi) is 5.24. The molecule has 3 rings (SSSR count). The lowest BCUT2D eigenvalue weighted by Gasteiger charge is -2.29. The molecule has 1 aliphatic heterocycles. The quantitative estimate of drug-likeness (QED) is 0.823. The van der Waals surface area contributed by atoms with Crippen LogP contribution in [0.1, 0.15) is 60.5 Å². The molecule has 1 aliphatic rings. The van der Waals surface area contributed by atoms with Gasteiger partial charge >= 0.3 is 0 Å². The van der Waals surface area contributed by atoms with E-state index in [2.05, 4.69) is 6.92 Å². The maximum atomic E-state index is 13.2. The van der Waals surface area contributed by atoms with Crippen LogP contribution >= 0.6 is 0 Å². The monoisotopic (exact) mass is 327 g/mol. The Morgan fingerprint density at radius 1 is 1.21 bits per heavy atom. The molecule has 24 heavy (non-hydrogen) atoms. The van der Waals surface area contributed by atoms with Gasteiger partial charge in [-0.25, -0.2) is 0 Å². The molecule has 2 heterocycles. The molecule has 0 aliphatic carbocycles. The molecule has 1 aromatic heterocycles. The van der Waals surface area contributed by atoms with Gasteiger partial charge in [0, 0.05) is 13.0 Å². The summed E-state index contributed by atoms with van der Waals surface area (Å²) in [4.78, 5) is 15.2. The third-order valence-electron chi connectivity index (χ3n) is 4.71. The normalized spacial score (nSPS) is 18.2. The van der Waals surface area contributed by atoms with Crippen LogP contribution in [-0.2, 0) is 6.42 Å². The fraction of sp³-hybridized carbons (Fsp3) is 0.450. The molecular formula is C20H25NO3. The van der Waals surface area contributed by atoms with Gasteiger partial charge in [0.2, 0.25) is 0 Å². The second-order valence-electron chi connectivity index (χ2n) is 6.22. The number of furan rings is 1. The van der Waals surface area contributed by atoms with Gasteiger partial charge in [-0.1, -0.05) is 31.9 Å². The Hall–Kier alpha value is -2.23. The average Bonchev–Trinajstić information content (AvgIpc) is 2.97. The van der Waals surface area contributed by atoms with Gasteiger partial charge in [0.05, 0.1) is 18.7 Å². The molecule has 1 aromatic carbocycles. The topological polar surface area (TPSA) is 42.7 Å². The molecule has 0 spiro atoms. The fourth-order valence-electron chi connectivity index (χ4n) is 3.39. The van der Waals surface area contributed by atoms with E-state index < -0.39 is 0 Å². The first kappa shape index (κ1) is 16.6. The molecule has 1 saturated heterocycles. The first-order valence-corrected chi connectivity index (χ1v) is 8.77. The molecular weight excluding hydrogens is 302 g/mol. The zero-order valence-corrected chi connectivity index (χ0v) is 14.5. The van der Waals surface area contributed by atoms with E-state index in [1.807, 2.05) is 41.3 Å². The number of hydrogen-bond acceptors (Lipinski definition) is 3. The molecule has 0 bridgehead atoms. The lowest BCUT2D eigenvalue weighted by molar-refractivity contribution is 0.0653. The number of amides is 1. The summed E-state index contributed by atoms with van der Waals surface area (Å²) in [6.07, 6.45) is 5.10. The first-order chi connectivity index (χ1) is 11.7. The minimum Gasteiger partial charge on any atom is -0.496 e. The van der Waals surface area contributed by atoms with Crippen LogP contribution in [0.3, 0.4) is 0 Å². The molecule has 1 amide bonds. The molecule has 2 aromatic rings. The first-order valence-electron chi connectivity index (χ1n) is 8.77. The molecule has 0 saturated carbocycles. The number of hydrogen-bond donors (Lipinski definition) is 0. The van der Waals surface area contributed by atoms with E-state index in [0.717, 1.165) is 50.2 Å². The van der Waals surface area contributed by atoms with Crippen LogP contribution in [0.25, 0.3) is 0 Å². The number of carbonyl (C=O) groups excluding carboxylic acids is 1. The summed E-state index contributed by atoms with van der Waals surface area (Å²) >= 11 is 0. The second kappa shape index (κ2) is 7.56. The number of likely N-dealkylation sites (tertiary alicyclic amines) is 1. The van der Waals surface area contributed by atoms with Gasteiger partial charge in [0.15, 0.2) is 0 Å². The molecule has 1 unspecified atom stereocenters. The highest BCUT2D eigenvalue weighted by Gasteiger charge is 2.30. The van der Waals surface area contributed by atoms with Gasteiger partial charge in [0.25, 0.3) is 5.91 Å². The summed E-state index contributed by atoms with van der Waals surface area (Å²) in [5, 5.41) is 0. The van der Waals surface area contributed by atoms with Gasteiger partial charge in [-0.3, -0.25) is 4.79 Å². The van der Waals surface area contributed by atoms with E-state index in [1.165, 1.54) is 0 Å². The number of nitrogens with zero attached hydrogens (tertiary/aromatic N) is 1. The van der Waals surface area contributed by atoms with Gasteiger partial charge in [-0.15, -0.1) is 0 Å². The highest BCUT2D eigenvalue weighted by molar-refractivity contribution is 5.97. The van der Waals surface area contributed by atoms with Crippen molar-refractivity contribution in [2.75, 3.05) is 13.7 Å². The van der Waals surface area contributed by atoms with Crippen LogP contribution in [0.2, 0.25) is 0 Å². The van der Waals surface area contributed by atoms with Crippen LogP contribution in [0, 0.1) is 0 Å². The summed E-state index contributed by atoms with van der Waals surface area (Å²) in [5.74, 6) is 2.52. The summed E-state index contributed by atoms with van der Waals surface area (Å²) < 4.78 is 11.4. The maximum absolute atomic E-state index is 13.2. The highest BCUT2D eigenvalue weighted by atomic mass is 16.5. The highest BCUT2D eigenvalue weighted by Crippen LogP contribution is 2.33. The zero-order chi connectivity index (χ0) is 16.9. The van der Waals surface area contributed by atoms with Gasteiger partial charge in [0.1, 0.15) is 17.3 Å². The van der Waals surface area contributed by atoms with E-state index in [9.17, 15) is 4.79 Å². The summed E-state index contributed by atoms with van der Waals surface area (Å²) in [6, 6.07) is 11.5. The van der Waals surface area contributed by atoms with E-state index in [4.69, 9.17) is 9.15 Å². The molecule has 4 heteroatoms. The minimum atomic E-state index is 0.00483. The molecule has 0 N–H and O–H groups in total. The smallest absolute Gasteiger partial charge is 0.258 e. The third-order valence-corrected chi connectivity index (χ3v) is 4.71. The van der Waals surface area contributed by atoms with E-state index in [-0.39, 0.29) is 11.9 Å². The third kappa shape index (κ3) is 3.32. The standard InChI is InChI=1S/C20H25NO3/c1-3-15-12-13-19(24-15)17-10-5-4-8-14-21(17)20(22)16-9-6-7-11-18(16)23-2/h6-7,9,11-13,17H,3-5,8,10,14H2,1-2H3. The molecule has 4 nitrogen and oxygen atoms in total. The SMILES string of the molecule is CCc1ccc(C2CCCCCN2C(=O)c2ccccc2OC)o1. The molecule has 1 atom stereocenters. The average molecular weight is 327 g/mol. The van der Waals surface area contributed by atoms with Crippen molar-refractivity contribution >= 4 is 5.91 Å². The molecule has 128 valence electrons. The Balaban J connectivity index is 1.93. The van der Waals surface area contributed by atoms with Crippen molar-refractivity contribution in [1.82, 2.24) is 4.90 Å². The van der Waals surface area contributed by atoms with Gasteiger partial charge in [-0.05, 0) is 37.1 Å². The van der Waals surface area contributed by atoms with Crippen LogP contribution < -0.4 is 4.74 Å². The number of aryl methyl sites for hydroxylation is 1. The van der Waals surface area contributed by atoms with Gasteiger partial charge < -0.3 is 14.1 Å². The van der Waals surface area contributed by atoms with Crippen molar-refractivity contribution in [3.05, 3.63) is 53.5 Å². The van der Waals surface area contributed by atoms with Crippen LogP contribution in [0.4, 0.5) is 0 Å². The number of methoxy groups -OCH3 is 1. The fourth-order valence-corrected chi connectivity index (χ4v) is 3.39. The van der Waals surface area contributed by atoms with Crippen LogP contribution in [0.15, 0.2) is 40.8 Å². The predicted octanol–water partition coefficient (Wildman–Crippen LogP) is 4.61. The Morgan fingerprint density at radius 2 is 2.04 bits per heavy atom. The largest absolute Gasteiger partial charge is 0.496 e. The summed E-state index contributed by atoms with van der Waals surface area (Å²) in [5.41, 5.74) is 0.620. The van der Waals surface area contributed by atoms with Crippen molar-refractivity contribution < 1.29 is 13.9 Å². The number of para-hydroxylation sites is 1. The summed E-state index contributed by atoms with van der Waals surface area (Å²) in [6.45, 7) is 2.83. The van der Waals surface area contributed by atoms with Crippen molar-refractivity contribution in [2.24, 2.45) is 0 Å². The lowest BCUT2D eigenvalue weighted by Crippen LogP contribution is -2.34. The number of benzene rings is 1. The Labute approximate surface area is 143 Å². The number of ether oxygens (including phenoxy) is 1. The van der Waals surface area contributed by atoms with Crippen LogP contribution in [-0.4, -0.2) is 24.5 Å². The lowest BCUT2D eigenvalue weighted by atomic mass is 10.1. The Morgan fingerprint density at radius 3 is 2.79 bits per heavy atom. The maximum Gasteiger partial charge on any atom is 0.258 e. The van der Waals surface area contributed by atoms with Crippen molar-refractivity contribution in [2.45, 2.75) is 45.1 Å².